The minimum Gasteiger partial charge on any atom is -0.370 e. The molecule has 1 fully saturated rings. The number of aromatic nitrogens is 1. The van der Waals surface area contributed by atoms with Crippen molar-refractivity contribution in [2.45, 2.75) is 77.2 Å². The molecule has 4 rings (SSSR count). The number of epoxide rings is 1. The molecule has 192 valence electrons. The lowest BCUT2D eigenvalue weighted by Gasteiger charge is -2.34. The summed E-state index contributed by atoms with van der Waals surface area (Å²) < 4.78 is 5.73. The van der Waals surface area contributed by atoms with Crippen LogP contribution < -0.4 is 0 Å². The Balaban J connectivity index is 1.55. The number of nitrogens with zero attached hydrogens (tertiary/aromatic N) is 1. The van der Waals surface area contributed by atoms with Gasteiger partial charge < -0.3 is 4.74 Å². The highest BCUT2D eigenvalue weighted by atomic mass is 17.2. The van der Waals surface area contributed by atoms with Crippen LogP contribution in [-0.2, 0) is 32.8 Å². The first-order chi connectivity index (χ1) is 17.5. The molecule has 1 aromatic heterocycles. The molecule has 0 aliphatic carbocycles. The Morgan fingerprint density at radius 1 is 0.917 bits per heavy atom. The Labute approximate surface area is 217 Å². The van der Waals surface area contributed by atoms with Crippen LogP contribution in [0.15, 0.2) is 60.9 Å². The second kappa shape index (κ2) is 11.7. The summed E-state index contributed by atoms with van der Waals surface area (Å²) in [6.45, 7) is 10.6. The van der Waals surface area contributed by atoms with E-state index in [9.17, 15) is 0 Å². The third-order valence-electron chi connectivity index (χ3n) is 8.31. The van der Waals surface area contributed by atoms with Gasteiger partial charge in [-0.2, -0.15) is 0 Å². The van der Waals surface area contributed by atoms with E-state index in [1.807, 2.05) is 12.4 Å². The Morgan fingerprint density at radius 3 is 2.25 bits per heavy atom. The third kappa shape index (κ3) is 5.72. The van der Waals surface area contributed by atoms with E-state index in [0.29, 0.717) is 6.61 Å². The largest absolute Gasteiger partial charge is 0.370 e. The molecule has 0 bridgehead atoms. The summed E-state index contributed by atoms with van der Waals surface area (Å²) in [5.41, 5.74) is 9.22. The van der Waals surface area contributed by atoms with Gasteiger partial charge in [-0.25, -0.2) is 9.78 Å². The number of ether oxygens (including phenoxy) is 1. The van der Waals surface area contributed by atoms with Crippen LogP contribution in [-0.4, -0.2) is 30.9 Å². The number of pyridine rings is 1. The summed E-state index contributed by atoms with van der Waals surface area (Å²) in [6, 6.07) is 18.4. The predicted molar refractivity (Wildman–Crippen MR) is 146 cm³/mol. The molecule has 0 saturated carbocycles. The summed E-state index contributed by atoms with van der Waals surface area (Å²) in [5, 5.41) is 0. The zero-order valence-corrected chi connectivity index (χ0v) is 22.6. The van der Waals surface area contributed by atoms with Gasteiger partial charge >= 0.3 is 0 Å². The Morgan fingerprint density at radius 2 is 1.64 bits per heavy atom. The van der Waals surface area contributed by atoms with Crippen molar-refractivity contribution in [2.24, 2.45) is 0 Å². The fourth-order valence-corrected chi connectivity index (χ4v) is 5.50. The van der Waals surface area contributed by atoms with Crippen LogP contribution in [0.3, 0.4) is 0 Å². The Hall–Kier alpha value is -2.53. The summed E-state index contributed by atoms with van der Waals surface area (Å²) >= 11 is 0. The van der Waals surface area contributed by atoms with Crippen molar-refractivity contribution in [3.05, 3.63) is 88.7 Å². The number of hydrogen-bond acceptors (Lipinski definition) is 4. The molecule has 36 heavy (non-hydrogen) atoms. The normalized spacial score (nSPS) is 17.4. The Bertz CT molecular complexity index is 1130. The van der Waals surface area contributed by atoms with Crippen LogP contribution in [0.5, 0.6) is 0 Å². The van der Waals surface area contributed by atoms with Crippen molar-refractivity contribution in [3.8, 4) is 11.1 Å². The molecular weight excluding hydrogens is 446 g/mol. The molecule has 2 aromatic carbocycles. The van der Waals surface area contributed by atoms with Gasteiger partial charge in [0.15, 0.2) is 0 Å². The minimum atomic E-state index is 0.00363. The summed E-state index contributed by atoms with van der Waals surface area (Å²) in [6.07, 6.45) is 10.0. The van der Waals surface area contributed by atoms with Gasteiger partial charge in [-0.05, 0) is 78.5 Å². The van der Waals surface area contributed by atoms with E-state index in [2.05, 4.69) is 81.2 Å². The first-order valence-corrected chi connectivity index (χ1v) is 13.4. The van der Waals surface area contributed by atoms with E-state index < -0.39 is 0 Å². The maximum Gasteiger partial charge on any atom is 0.0917 e. The third-order valence-corrected chi connectivity index (χ3v) is 8.31. The molecular formula is C32H41NO3. The van der Waals surface area contributed by atoms with Crippen LogP contribution in [0, 0.1) is 6.92 Å². The standard InChI is InChI=1S/C32H41NO3/c1-6-31(23-35-31)17-15-26-9-14-30(19-24(26)4)32(7-2,8-3)29-12-10-27(11-13-29)28-20-25(21-33-22-28)16-18-36-34-5/h9-14,19-22H,6-8,15-18,23H2,1-5H3. The van der Waals surface area contributed by atoms with E-state index in [1.54, 1.807) is 0 Å². The van der Waals surface area contributed by atoms with Crippen molar-refractivity contribution in [3.63, 3.8) is 0 Å². The number of aryl methyl sites for hydroxylation is 2. The smallest absolute Gasteiger partial charge is 0.0917 e. The Kier molecular flexibility index (Phi) is 8.61. The van der Waals surface area contributed by atoms with Gasteiger partial charge in [0, 0.05) is 29.8 Å². The number of hydrogen-bond donors (Lipinski definition) is 0. The molecule has 1 atom stereocenters. The minimum absolute atomic E-state index is 0.00363. The second-order valence-electron chi connectivity index (χ2n) is 10.2. The van der Waals surface area contributed by atoms with Gasteiger partial charge in [0.25, 0.3) is 0 Å². The SMILES string of the molecule is CCC1(CCc2ccc(C(CC)(CC)c3ccc(-c4cncc(CCOOC)c4)cc3)cc2C)CO1. The van der Waals surface area contributed by atoms with Gasteiger partial charge in [0.1, 0.15) is 0 Å². The highest BCUT2D eigenvalue weighted by Gasteiger charge is 2.42. The van der Waals surface area contributed by atoms with E-state index >= 15 is 0 Å². The lowest BCUT2D eigenvalue weighted by molar-refractivity contribution is -0.271. The van der Waals surface area contributed by atoms with Gasteiger partial charge in [-0.3, -0.25) is 4.98 Å². The van der Waals surface area contributed by atoms with Crippen molar-refractivity contribution in [2.75, 3.05) is 20.3 Å². The van der Waals surface area contributed by atoms with Crippen LogP contribution in [0.2, 0.25) is 0 Å². The van der Waals surface area contributed by atoms with Crippen molar-refractivity contribution >= 4 is 0 Å². The molecule has 0 spiro atoms. The molecule has 1 aliphatic rings. The van der Waals surface area contributed by atoms with E-state index in [0.717, 1.165) is 56.3 Å². The molecule has 1 aliphatic heterocycles. The quantitative estimate of drug-likeness (QED) is 0.109. The highest BCUT2D eigenvalue weighted by Crippen LogP contribution is 2.41. The van der Waals surface area contributed by atoms with Crippen molar-refractivity contribution in [1.82, 2.24) is 4.98 Å². The molecule has 1 unspecified atom stereocenters. The first kappa shape index (κ1) is 26.5. The van der Waals surface area contributed by atoms with Gasteiger partial charge in [0.2, 0.25) is 0 Å². The maximum absolute atomic E-state index is 5.73. The molecule has 4 nitrogen and oxygen atoms in total. The van der Waals surface area contributed by atoms with Gasteiger partial charge in [-0.1, -0.05) is 63.2 Å². The van der Waals surface area contributed by atoms with E-state index in [1.165, 1.54) is 34.9 Å². The molecule has 3 aromatic rings. The second-order valence-corrected chi connectivity index (χ2v) is 10.2. The van der Waals surface area contributed by atoms with Crippen LogP contribution >= 0.6 is 0 Å². The fraction of sp³-hybridized carbons (Fsp3) is 0.469. The van der Waals surface area contributed by atoms with Gasteiger partial charge in [-0.15, -0.1) is 0 Å². The number of benzene rings is 2. The predicted octanol–water partition coefficient (Wildman–Crippen LogP) is 7.40. The van der Waals surface area contributed by atoms with Crippen LogP contribution in [0.1, 0.15) is 74.3 Å². The first-order valence-electron chi connectivity index (χ1n) is 13.4. The molecule has 0 N–H and O–H groups in total. The zero-order chi connectivity index (χ0) is 25.6. The average Bonchev–Trinajstić information content (AvgIpc) is 3.70. The monoisotopic (exact) mass is 487 g/mol. The number of rotatable bonds is 13. The fourth-order valence-electron chi connectivity index (χ4n) is 5.50. The zero-order valence-electron chi connectivity index (χ0n) is 22.6. The molecule has 0 amide bonds. The van der Waals surface area contributed by atoms with Crippen molar-refractivity contribution in [1.29, 1.82) is 0 Å². The molecule has 0 radical (unpaired) electrons. The van der Waals surface area contributed by atoms with E-state index in [-0.39, 0.29) is 11.0 Å². The lowest BCUT2D eigenvalue weighted by atomic mass is 9.70. The van der Waals surface area contributed by atoms with Gasteiger partial charge in [0.05, 0.1) is 25.9 Å². The molecule has 4 heteroatoms. The molecule has 1 saturated heterocycles. The average molecular weight is 488 g/mol. The van der Waals surface area contributed by atoms with Crippen LogP contribution in [0.4, 0.5) is 0 Å². The highest BCUT2D eigenvalue weighted by molar-refractivity contribution is 5.64. The van der Waals surface area contributed by atoms with Crippen LogP contribution in [0.25, 0.3) is 11.1 Å². The lowest BCUT2D eigenvalue weighted by Crippen LogP contribution is -2.26. The maximum atomic E-state index is 5.73. The topological polar surface area (TPSA) is 43.9 Å². The summed E-state index contributed by atoms with van der Waals surface area (Å²) in [7, 11) is 1.53. The van der Waals surface area contributed by atoms with E-state index in [4.69, 9.17) is 14.5 Å². The molecule has 2 heterocycles. The van der Waals surface area contributed by atoms with Crippen molar-refractivity contribution < 1.29 is 14.5 Å². The summed E-state index contributed by atoms with van der Waals surface area (Å²) in [5.74, 6) is 0. The summed E-state index contributed by atoms with van der Waals surface area (Å²) in [4.78, 5) is 14.2.